The molecule has 1 fully saturated rings. The smallest absolute Gasteiger partial charge is 0.163 e. The van der Waals surface area contributed by atoms with Crippen molar-refractivity contribution in [3.8, 4) is 0 Å². The van der Waals surface area contributed by atoms with Gasteiger partial charge in [-0.1, -0.05) is 18.2 Å². The van der Waals surface area contributed by atoms with E-state index in [0.29, 0.717) is 10.0 Å². The van der Waals surface area contributed by atoms with Crippen LogP contribution < -0.4 is 0 Å². The van der Waals surface area contributed by atoms with Crippen molar-refractivity contribution in [1.29, 1.82) is 0 Å². The van der Waals surface area contributed by atoms with Crippen LogP contribution in [0.1, 0.15) is 34.1 Å². The van der Waals surface area contributed by atoms with E-state index >= 15 is 0 Å². The fraction of sp³-hybridized carbons (Fsp3) is 0.857. The number of nitroso groups, excluding NO2 is 1. The zero-order chi connectivity index (χ0) is 16.2. The molecule has 1 rings (SSSR count). The first-order valence-corrected chi connectivity index (χ1v) is 8.14. The molecule has 6 nitrogen and oxygen atoms in total. The molecule has 7 heteroatoms. The summed E-state index contributed by atoms with van der Waals surface area (Å²) in [5, 5.41) is 22.6. The van der Waals surface area contributed by atoms with Crippen molar-refractivity contribution in [2.75, 3.05) is 6.61 Å². The Hall–Kier alpha value is -0.0900. The number of halogens is 1. The Morgan fingerprint density at radius 1 is 1.43 bits per heavy atom. The molecule has 0 aromatic rings. The lowest BCUT2D eigenvalue weighted by molar-refractivity contribution is -0.153. The lowest BCUT2D eigenvalue weighted by atomic mass is 10.0. The molecule has 0 radical (unpaired) electrons. The van der Waals surface area contributed by atoms with Crippen LogP contribution in [0.25, 0.3) is 0 Å². The third-order valence-electron chi connectivity index (χ3n) is 3.58. The molecule has 5 atom stereocenters. The highest BCUT2D eigenvalue weighted by molar-refractivity contribution is 14.1. The average molecular weight is 413 g/mol. The van der Waals surface area contributed by atoms with Crippen molar-refractivity contribution in [1.82, 2.24) is 0 Å². The maximum absolute atomic E-state index is 10.6. The zero-order valence-corrected chi connectivity index (χ0v) is 15.0. The Morgan fingerprint density at radius 2 is 2.05 bits per heavy atom. The molecule has 1 aliphatic heterocycles. The second kappa shape index (κ2) is 7.96. The van der Waals surface area contributed by atoms with Gasteiger partial charge in [0.2, 0.25) is 0 Å². The molecule has 0 spiro atoms. The van der Waals surface area contributed by atoms with Crippen molar-refractivity contribution in [2.45, 2.75) is 64.3 Å². The fourth-order valence-corrected chi connectivity index (χ4v) is 3.14. The molecule has 1 aliphatic rings. The van der Waals surface area contributed by atoms with E-state index in [1.807, 2.05) is 35.6 Å². The first kappa shape index (κ1) is 19.0. The molecule has 0 aliphatic carbocycles. The number of aliphatic hydroxyl groups is 2. The van der Waals surface area contributed by atoms with E-state index in [4.69, 9.17) is 14.6 Å². The Kier molecular flexibility index (Phi) is 7.18. The molecule has 0 aromatic carbocycles. The minimum absolute atomic E-state index is 0.0316. The Bertz CT molecular complexity index is 388. The molecule has 2 N–H and O–H groups in total. The summed E-state index contributed by atoms with van der Waals surface area (Å²) in [5.74, 6) is -0.859. The molecule has 1 heterocycles. The standard InChI is InChI=1S/C14H24INO5/c1-8(9(2)16-19)7-10(15)12(18)13-11(5-6-17)20-14(3,4)21-13/h7-9,11-13,17-18H,5-6H2,1-4H3/b10-7+/t8-,9?,11+,12-,13+/m1/s1. The van der Waals surface area contributed by atoms with Gasteiger partial charge in [-0.2, -0.15) is 4.91 Å². The van der Waals surface area contributed by atoms with Gasteiger partial charge in [-0.3, -0.25) is 0 Å². The first-order chi connectivity index (χ1) is 9.71. The molecule has 0 saturated carbocycles. The highest BCUT2D eigenvalue weighted by atomic mass is 127. The van der Waals surface area contributed by atoms with E-state index in [-0.39, 0.29) is 24.7 Å². The average Bonchev–Trinajstić information content (AvgIpc) is 2.72. The molecular formula is C14H24INO5. The Morgan fingerprint density at radius 3 is 2.57 bits per heavy atom. The third-order valence-corrected chi connectivity index (χ3v) is 4.58. The van der Waals surface area contributed by atoms with Gasteiger partial charge >= 0.3 is 0 Å². The molecule has 21 heavy (non-hydrogen) atoms. The maximum atomic E-state index is 10.6. The number of hydrogen-bond acceptors (Lipinski definition) is 6. The van der Waals surface area contributed by atoms with Crippen molar-refractivity contribution in [3.05, 3.63) is 14.6 Å². The quantitative estimate of drug-likeness (QED) is 0.494. The molecule has 0 amide bonds. The van der Waals surface area contributed by atoms with Gasteiger partial charge in [-0.25, -0.2) is 0 Å². The highest BCUT2D eigenvalue weighted by Gasteiger charge is 2.45. The van der Waals surface area contributed by atoms with Crippen LogP contribution in [0.3, 0.4) is 0 Å². The van der Waals surface area contributed by atoms with Crippen LogP contribution in [0.2, 0.25) is 0 Å². The summed E-state index contributed by atoms with van der Waals surface area (Å²) in [7, 11) is 0. The minimum Gasteiger partial charge on any atom is -0.396 e. The summed E-state index contributed by atoms with van der Waals surface area (Å²) in [5.41, 5.74) is 0. The van der Waals surface area contributed by atoms with Crippen LogP contribution in [0.5, 0.6) is 0 Å². The Balaban J connectivity index is 2.82. The lowest BCUT2D eigenvalue weighted by Gasteiger charge is -2.23. The van der Waals surface area contributed by atoms with Gasteiger partial charge in [0.25, 0.3) is 0 Å². The predicted molar refractivity (Wildman–Crippen MR) is 88.1 cm³/mol. The van der Waals surface area contributed by atoms with Crippen LogP contribution in [0, 0.1) is 10.8 Å². The van der Waals surface area contributed by atoms with E-state index in [0.717, 1.165) is 0 Å². The topological polar surface area (TPSA) is 88.4 Å². The van der Waals surface area contributed by atoms with Crippen molar-refractivity contribution >= 4 is 22.6 Å². The van der Waals surface area contributed by atoms with Gasteiger partial charge in [-0.15, -0.1) is 0 Å². The van der Waals surface area contributed by atoms with Gasteiger partial charge in [0.1, 0.15) is 12.2 Å². The van der Waals surface area contributed by atoms with Crippen LogP contribution in [-0.2, 0) is 9.47 Å². The van der Waals surface area contributed by atoms with Crippen molar-refractivity contribution in [2.24, 2.45) is 11.1 Å². The highest BCUT2D eigenvalue weighted by Crippen LogP contribution is 2.35. The summed E-state index contributed by atoms with van der Waals surface area (Å²) < 4.78 is 12.1. The number of hydrogen-bond donors (Lipinski definition) is 2. The van der Waals surface area contributed by atoms with E-state index in [2.05, 4.69) is 5.18 Å². The van der Waals surface area contributed by atoms with Crippen LogP contribution >= 0.6 is 22.6 Å². The van der Waals surface area contributed by atoms with Gasteiger partial charge in [-0.05, 0) is 49.8 Å². The van der Waals surface area contributed by atoms with Gasteiger partial charge in [0.15, 0.2) is 5.79 Å². The van der Waals surface area contributed by atoms with Gasteiger partial charge in [0.05, 0.1) is 12.1 Å². The first-order valence-electron chi connectivity index (χ1n) is 7.06. The summed E-state index contributed by atoms with van der Waals surface area (Å²) >= 11 is 2.04. The molecule has 0 bridgehead atoms. The monoisotopic (exact) mass is 413 g/mol. The molecular weight excluding hydrogens is 389 g/mol. The lowest BCUT2D eigenvalue weighted by Crippen LogP contribution is -2.36. The van der Waals surface area contributed by atoms with Crippen LogP contribution in [0.4, 0.5) is 0 Å². The zero-order valence-electron chi connectivity index (χ0n) is 12.8. The van der Waals surface area contributed by atoms with E-state index < -0.39 is 18.0 Å². The second-order valence-corrected chi connectivity index (χ2v) is 7.10. The predicted octanol–water partition coefficient (Wildman–Crippen LogP) is 2.36. The summed E-state index contributed by atoms with van der Waals surface area (Å²) in [4.78, 5) is 10.6. The molecule has 0 aromatic heterocycles. The largest absolute Gasteiger partial charge is 0.396 e. The van der Waals surface area contributed by atoms with Gasteiger partial charge in [0, 0.05) is 16.1 Å². The van der Waals surface area contributed by atoms with E-state index in [9.17, 15) is 10.0 Å². The molecule has 1 saturated heterocycles. The summed E-state index contributed by atoms with van der Waals surface area (Å²) in [6, 6.07) is -0.354. The van der Waals surface area contributed by atoms with Gasteiger partial charge < -0.3 is 19.7 Å². The number of nitrogens with zero attached hydrogens (tertiary/aromatic N) is 1. The Labute approximate surface area is 139 Å². The van der Waals surface area contributed by atoms with Crippen LogP contribution in [0.15, 0.2) is 14.8 Å². The summed E-state index contributed by atoms with van der Waals surface area (Å²) in [6.45, 7) is 7.13. The van der Waals surface area contributed by atoms with E-state index in [1.54, 1.807) is 20.8 Å². The number of ether oxygens (including phenoxy) is 2. The van der Waals surface area contributed by atoms with E-state index in [1.165, 1.54) is 0 Å². The third kappa shape index (κ3) is 5.24. The fourth-order valence-electron chi connectivity index (χ4n) is 2.22. The minimum atomic E-state index is -0.856. The number of aliphatic hydroxyl groups excluding tert-OH is 2. The molecule has 122 valence electrons. The van der Waals surface area contributed by atoms with Crippen LogP contribution in [-0.4, -0.2) is 47.0 Å². The summed E-state index contributed by atoms with van der Waals surface area (Å²) in [6.07, 6.45) is 0.459. The van der Waals surface area contributed by atoms with Crippen molar-refractivity contribution in [3.63, 3.8) is 0 Å². The van der Waals surface area contributed by atoms with Crippen molar-refractivity contribution < 1.29 is 19.7 Å². The number of rotatable bonds is 7. The molecule has 1 unspecified atom stereocenters. The SMILES string of the molecule is CC(N=O)[C@H](C)/C=C(/I)[C@@H](O)[C@H]1OC(C)(C)O[C@H]1CCO. The normalized spacial score (nSPS) is 30.0. The second-order valence-electron chi connectivity index (χ2n) is 5.85. The maximum Gasteiger partial charge on any atom is 0.163 e.